The lowest BCUT2D eigenvalue weighted by atomic mass is 10.0. The second-order valence-electron chi connectivity index (χ2n) is 10.7. The fourth-order valence-corrected chi connectivity index (χ4v) is 6.16. The fourth-order valence-electron chi connectivity index (χ4n) is 5.31. The van der Waals surface area contributed by atoms with Gasteiger partial charge in [0.25, 0.3) is 5.69 Å². The number of rotatable bonds is 13. The van der Waals surface area contributed by atoms with Crippen molar-refractivity contribution in [2.45, 2.75) is 50.7 Å². The molecule has 4 rings (SSSR count). The second kappa shape index (κ2) is 14.3. The molecule has 44 heavy (non-hydrogen) atoms. The van der Waals surface area contributed by atoms with Gasteiger partial charge in [-0.25, -0.2) is 12.8 Å². The van der Waals surface area contributed by atoms with Gasteiger partial charge >= 0.3 is 0 Å². The molecule has 0 aliphatic heterocycles. The van der Waals surface area contributed by atoms with Crippen LogP contribution in [0.1, 0.15) is 36.8 Å². The van der Waals surface area contributed by atoms with Gasteiger partial charge in [-0.3, -0.25) is 24.0 Å². The SMILES string of the molecule is COc1ccc([N+](=O)[O-])cc1N(CC(=O)N(Cc1ccccc1F)C(Cc1ccccc1)C(=O)NC1CCCC1)S(C)(=O)=O. The third kappa shape index (κ3) is 8.10. The van der Waals surface area contributed by atoms with Crippen LogP contribution in [0.25, 0.3) is 0 Å². The summed E-state index contributed by atoms with van der Waals surface area (Å²) >= 11 is 0. The number of anilines is 1. The first-order valence-electron chi connectivity index (χ1n) is 14.1. The van der Waals surface area contributed by atoms with Crippen LogP contribution in [-0.2, 0) is 32.6 Å². The van der Waals surface area contributed by atoms with Crippen LogP contribution in [0.15, 0.2) is 72.8 Å². The Kier molecular flexibility index (Phi) is 10.5. The summed E-state index contributed by atoms with van der Waals surface area (Å²) in [5, 5.41) is 14.5. The predicted molar refractivity (Wildman–Crippen MR) is 163 cm³/mol. The molecule has 1 aliphatic carbocycles. The van der Waals surface area contributed by atoms with E-state index in [1.165, 1.54) is 36.3 Å². The predicted octanol–water partition coefficient (Wildman–Crippen LogP) is 4.21. The van der Waals surface area contributed by atoms with Crippen LogP contribution in [0.5, 0.6) is 5.75 Å². The van der Waals surface area contributed by atoms with Crippen molar-refractivity contribution in [2.24, 2.45) is 0 Å². The number of nitro groups is 1. The number of halogens is 1. The van der Waals surface area contributed by atoms with Gasteiger partial charge in [-0.05, 0) is 30.5 Å². The number of carbonyl (C=O) groups excluding carboxylic acids is 2. The molecule has 0 bridgehead atoms. The van der Waals surface area contributed by atoms with Crippen LogP contribution >= 0.6 is 0 Å². The normalized spacial score (nSPS) is 14.1. The molecular weight excluding hydrogens is 591 g/mol. The maximum Gasteiger partial charge on any atom is 0.271 e. The van der Waals surface area contributed by atoms with Crippen molar-refractivity contribution >= 4 is 33.2 Å². The number of benzene rings is 3. The van der Waals surface area contributed by atoms with Gasteiger partial charge in [0.05, 0.1) is 18.3 Å². The van der Waals surface area contributed by atoms with E-state index in [1.807, 2.05) is 6.07 Å². The number of hydrogen-bond donors (Lipinski definition) is 1. The van der Waals surface area contributed by atoms with Crippen molar-refractivity contribution in [3.05, 3.63) is 99.9 Å². The quantitative estimate of drug-likeness (QED) is 0.222. The summed E-state index contributed by atoms with van der Waals surface area (Å²) in [6.07, 6.45) is 4.44. The minimum absolute atomic E-state index is 0.0192. The van der Waals surface area contributed by atoms with Gasteiger partial charge in [0.15, 0.2) is 0 Å². The molecule has 0 spiro atoms. The zero-order valence-corrected chi connectivity index (χ0v) is 25.3. The number of methoxy groups -OCH3 is 1. The molecule has 1 unspecified atom stereocenters. The lowest BCUT2D eigenvalue weighted by molar-refractivity contribution is -0.384. The smallest absolute Gasteiger partial charge is 0.271 e. The van der Waals surface area contributed by atoms with E-state index in [9.17, 15) is 32.5 Å². The molecule has 0 saturated heterocycles. The summed E-state index contributed by atoms with van der Waals surface area (Å²) in [6.45, 7) is -1.16. The molecule has 1 saturated carbocycles. The number of hydrogen-bond acceptors (Lipinski definition) is 7. The van der Waals surface area contributed by atoms with E-state index in [4.69, 9.17) is 4.74 Å². The average molecular weight is 627 g/mol. The number of carbonyl (C=O) groups is 2. The Bertz CT molecular complexity index is 1600. The highest BCUT2D eigenvalue weighted by Crippen LogP contribution is 2.34. The van der Waals surface area contributed by atoms with E-state index in [0.717, 1.165) is 49.6 Å². The molecule has 1 N–H and O–H groups in total. The van der Waals surface area contributed by atoms with Crippen molar-refractivity contribution in [1.29, 1.82) is 0 Å². The second-order valence-corrected chi connectivity index (χ2v) is 12.6. The molecule has 3 aromatic rings. The number of nitrogens with one attached hydrogen (secondary N) is 1. The maximum atomic E-state index is 14.9. The zero-order chi connectivity index (χ0) is 31.9. The monoisotopic (exact) mass is 626 g/mol. The van der Waals surface area contributed by atoms with Crippen LogP contribution < -0.4 is 14.4 Å². The molecule has 234 valence electrons. The Morgan fingerprint density at radius 3 is 2.34 bits per heavy atom. The molecule has 0 radical (unpaired) electrons. The highest BCUT2D eigenvalue weighted by atomic mass is 32.2. The van der Waals surface area contributed by atoms with E-state index >= 15 is 0 Å². The summed E-state index contributed by atoms with van der Waals surface area (Å²) in [6, 6.07) is 17.0. The molecule has 1 aliphatic rings. The number of ether oxygens (including phenoxy) is 1. The number of sulfonamides is 1. The molecule has 2 amide bonds. The molecule has 13 heteroatoms. The van der Waals surface area contributed by atoms with Gasteiger partial charge in [0.1, 0.15) is 29.8 Å². The standard InChI is InChI=1S/C31H35FN4O7S/c1-43-29-17-16-25(36(39)40)19-27(29)35(44(2,41)42)21-30(37)34(20-23-12-6-9-15-26(23)32)28(18-22-10-4-3-5-11-22)31(38)33-24-13-7-8-14-24/h3-6,9-12,15-17,19,24,28H,7-8,13-14,18,20-21H2,1-2H3,(H,33,38). The Balaban J connectivity index is 1.79. The van der Waals surface area contributed by atoms with E-state index in [2.05, 4.69) is 5.32 Å². The summed E-state index contributed by atoms with van der Waals surface area (Å²) in [7, 11) is -2.95. The summed E-state index contributed by atoms with van der Waals surface area (Å²) in [5.41, 5.74) is 0.235. The van der Waals surface area contributed by atoms with Crippen molar-refractivity contribution in [3.8, 4) is 5.75 Å². The third-order valence-electron chi connectivity index (χ3n) is 7.59. The van der Waals surface area contributed by atoms with Gasteiger partial charge in [-0.2, -0.15) is 0 Å². The minimum atomic E-state index is -4.22. The largest absolute Gasteiger partial charge is 0.495 e. The van der Waals surface area contributed by atoms with Crippen LogP contribution in [-0.4, -0.2) is 62.0 Å². The minimum Gasteiger partial charge on any atom is -0.495 e. The number of nitrogens with zero attached hydrogens (tertiary/aromatic N) is 3. The van der Waals surface area contributed by atoms with E-state index < -0.39 is 50.9 Å². The highest BCUT2D eigenvalue weighted by Gasteiger charge is 2.35. The summed E-state index contributed by atoms with van der Waals surface area (Å²) < 4.78 is 47.1. The maximum absolute atomic E-state index is 14.9. The Labute approximate surface area is 255 Å². The van der Waals surface area contributed by atoms with Gasteiger partial charge in [-0.15, -0.1) is 0 Å². The first kappa shape index (κ1) is 32.4. The molecule has 1 atom stereocenters. The van der Waals surface area contributed by atoms with Crippen molar-refractivity contribution in [2.75, 3.05) is 24.2 Å². The number of amides is 2. The van der Waals surface area contributed by atoms with E-state index in [1.54, 1.807) is 30.3 Å². The zero-order valence-electron chi connectivity index (χ0n) is 24.5. The number of non-ortho nitro benzene ring substituents is 1. The Morgan fingerprint density at radius 1 is 1.07 bits per heavy atom. The average Bonchev–Trinajstić information content (AvgIpc) is 3.51. The van der Waals surface area contributed by atoms with Crippen LogP contribution in [0.4, 0.5) is 15.8 Å². The molecule has 0 heterocycles. The lowest BCUT2D eigenvalue weighted by Crippen LogP contribution is -2.54. The first-order valence-corrected chi connectivity index (χ1v) is 16.0. The summed E-state index contributed by atoms with van der Waals surface area (Å²) in [5.74, 6) is -1.87. The van der Waals surface area contributed by atoms with Crippen LogP contribution in [0.2, 0.25) is 0 Å². The third-order valence-corrected chi connectivity index (χ3v) is 8.72. The topological polar surface area (TPSA) is 139 Å². The Morgan fingerprint density at radius 2 is 1.73 bits per heavy atom. The molecule has 0 aromatic heterocycles. The molecule has 3 aromatic carbocycles. The van der Waals surface area contributed by atoms with Crippen LogP contribution in [0.3, 0.4) is 0 Å². The highest BCUT2D eigenvalue weighted by molar-refractivity contribution is 7.92. The van der Waals surface area contributed by atoms with Crippen LogP contribution in [0, 0.1) is 15.9 Å². The van der Waals surface area contributed by atoms with Gasteiger partial charge < -0.3 is 15.0 Å². The van der Waals surface area contributed by atoms with Gasteiger partial charge in [-0.1, -0.05) is 61.4 Å². The fraction of sp³-hybridized carbons (Fsp3) is 0.355. The van der Waals surface area contributed by atoms with Crippen molar-refractivity contribution in [3.63, 3.8) is 0 Å². The summed E-state index contributed by atoms with van der Waals surface area (Å²) in [4.78, 5) is 40.1. The number of nitro benzene ring substituents is 1. The van der Waals surface area contributed by atoms with E-state index in [-0.39, 0.29) is 36.0 Å². The van der Waals surface area contributed by atoms with Crippen molar-refractivity contribution in [1.82, 2.24) is 10.2 Å². The molecule has 1 fully saturated rings. The van der Waals surface area contributed by atoms with Gasteiger partial charge in [0.2, 0.25) is 21.8 Å². The van der Waals surface area contributed by atoms with Crippen molar-refractivity contribution < 1.29 is 32.1 Å². The van der Waals surface area contributed by atoms with E-state index in [0.29, 0.717) is 4.31 Å². The van der Waals surface area contributed by atoms with Gasteiger partial charge in [0, 0.05) is 36.7 Å². The Hall–Kier alpha value is -4.52. The first-order chi connectivity index (χ1) is 21.0. The molecule has 11 nitrogen and oxygen atoms in total. The lowest BCUT2D eigenvalue weighted by Gasteiger charge is -2.34. The molecular formula is C31H35FN4O7S.